The summed E-state index contributed by atoms with van der Waals surface area (Å²) in [5.41, 5.74) is -1.52. The minimum Gasteiger partial charge on any atom is -0.294 e. The third kappa shape index (κ3) is 3.68. The first-order valence-corrected chi connectivity index (χ1v) is 5.37. The Morgan fingerprint density at radius 3 is 2.56 bits per heavy atom. The van der Waals surface area contributed by atoms with E-state index in [1.165, 1.54) is 0 Å². The summed E-state index contributed by atoms with van der Waals surface area (Å²) >= 11 is 0. The number of unbranched alkanes of at least 4 members (excludes halogenated alkanes) is 1. The summed E-state index contributed by atoms with van der Waals surface area (Å²) in [4.78, 5) is 11.6. The van der Waals surface area contributed by atoms with Crippen LogP contribution < -0.4 is 0 Å². The van der Waals surface area contributed by atoms with Crippen molar-refractivity contribution in [3.8, 4) is 0 Å². The molecule has 0 N–H and O–H groups in total. The molecule has 0 saturated carbocycles. The maximum atomic E-state index is 13.3. The lowest BCUT2D eigenvalue weighted by Gasteiger charge is -2.09. The standard InChI is InChI=1S/C13H12F4O/c1-2-3-4-5-12(18)10-8-9(13(15,16)17)6-7-11(10)14/h2,6-8H,1,3-5H2. The van der Waals surface area contributed by atoms with E-state index in [4.69, 9.17) is 0 Å². The van der Waals surface area contributed by atoms with Gasteiger partial charge in [-0.25, -0.2) is 4.39 Å². The second kappa shape index (κ2) is 5.80. The van der Waals surface area contributed by atoms with Crippen LogP contribution >= 0.6 is 0 Å². The van der Waals surface area contributed by atoms with Crippen molar-refractivity contribution in [3.63, 3.8) is 0 Å². The van der Waals surface area contributed by atoms with Crippen LogP contribution in [-0.4, -0.2) is 5.78 Å². The minimum absolute atomic E-state index is 0.00422. The molecule has 1 aromatic carbocycles. The fourth-order valence-electron chi connectivity index (χ4n) is 1.46. The van der Waals surface area contributed by atoms with Gasteiger partial charge in [-0.05, 0) is 31.0 Å². The van der Waals surface area contributed by atoms with Crippen molar-refractivity contribution in [2.75, 3.05) is 0 Å². The molecule has 0 unspecified atom stereocenters. The van der Waals surface area contributed by atoms with Crippen LogP contribution in [0.1, 0.15) is 35.2 Å². The monoisotopic (exact) mass is 260 g/mol. The molecule has 0 aliphatic rings. The van der Waals surface area contributed by atoms with Crippen LogP contribution in [0.4, 0.5) is 17.6 Å². The Labute approximate surface area is 102 Å². The highest BCUT2D eigenvalue weighted by Gasteiger charge is 2.31. The molecule has 0 bridgehead atoms. The first-order valence-electron chi connectivity index (χ1n) is 5.37. The van der Waals surface area contributed by atoms with Crippen molar-refractivity contribution in [2.45, 2.75) is 25.4 Å². The number of alkyl halides is 3. The number of benzene rings is 1. The van der Waals surface area contributed by atoms with Gasteiger partial charge in [0.2, 0.25) is 0 Å². The van der Waals surface area contributed by atoms with Crippen LogP contribution in [-0.2, 0) is 6.18 Å². The largest absolute Gasteiger partial charge is 0.416 e. The lowest BCUT2D eigenvalue weighted by molar-refractivity contribution is -0.137. The van der Waals surface area contributed by atoms with Crippen molar-refractivity contribution < 1.29 is 22.4 Å². The van der Waals surface area contributed by atoms with E-state index in [2.05, 4.69) is 6.58 Å². The van der Waals surface area contributed by atoms with Gasteiger partial charge < -0.3 is 0 Å². The summed E-state index contributed by atoms with van der Waals surface area (Å²) in [6.45, 7) is 3.46. The lowest BCUT2D eigenvalue weighted by atomic mass is 10.0. The summed E-state index contributed by atoms with van der Waals surface area (Å²) in [6.07, 6.45) is -1.98. The number of hydrogen-bond donors (Lipinski definition) is 0. The molecule has 98 valence electrons. The molecule has 0 amide bonds. The molecule has 0 fully saturated rings. The molecule has 0 aromatic heterocycles. The second-order valence-corrected chi connectivity index (χ2v) is 3.80. The van der Waals surface area contributed by atoms with E-state index in [-0.39, 0.29) is 6.42 Å². The molecule has 0 radical (unpaired) electrons. The summed E-state index contributed by atoms with van der Waals surface area (Å²) in [5, 5.41) is 0. The lowest BCUT2D eigenvalue weighted by Crippen LogP contribution is -2.09. The molecule has 0 aliphatic carbocycles. The molecule has 1 rings (SSSR count). The van der Waals surface area contributed by atoms with E-state index in [0.717, 1.165) is 0 Å². The Balaban J connectivity index is 2.93. The van der Waals surface area contributed by atoms with Crippen LogP contribution in [0.3, 0.4) is 0 Å². The van der Waals surface area contributed by atoms with E-state index < -0.39 is 28.9 Å². The molecule has 0 aliphatic heterocycles. The van der Waals surface area contributed by atoms with Crippen molar-refractivity contribution in [1.29, 1.82) is 0 Å². The predicted molar refractivity (Wildman–Crippen MR) is 59.8 cm³/mol. The molecule has 0 saturated heterocycles. The summed E-state index contributed by atoms with van der Waals surface area (Å²) < 4.78 is 50.6. The maximum absolute atomic E-state index is 13.3. The third-order valence-electron chi connectivity index (χ3n) is 2.41. The molecular weight excluding hydrogens is 248 g/mol. The van der Waals surface area contributed by atoms with Gasteiger partial charge in [0.25, 0.3) is 0 Å². The van der Waals surface area contributed by atoms with Gasteiger partial charge in [0.15, 0.2) is 5.78 Å². The number of halogens is 4. The fourth-order valence-corrected chi connectivity index (χ4v) is 1.46. The topological polar surface area (TPSA) is 17.1 Å². The normalized spacial score (nSPS) is 11.3. The van der Waals surface area contributed by atoms with Crippen LogP contribution in [0.15, 0.2) is 30.9 Å². The van der Waals surface area contributed by atoms with Crippen molar-refractivity contribution in [1.82, 2.24) is 0 Å². The fraction of sp³-hybridized carbons (Fsp3) is 0.308. The first kappa shape index (κ1) is 14.4. The number of carbonyl (C=O) groups excluding carboxylic acids is 1. The van der Waals surface area contributed by atoms with Crippen LogP contribution in [0, 0.1) is 5.82 Å². The zero-order valence-corrected chi connectivity index (χ0v) is 9.56. The number of carbonyl (C=O) groups is 1. The number of rotatable bonds is 5. The molecule has 1 aromatic rings. The highest BCUT2D eigenvalue weighted by molar-refractivity contribution is 5.96. The first-order chi connectivity index (χ1) is 8.36. The molecule has 18 heavy (non-hydrogen) atoms. The Bertz CT molecular complexity index is 449. The molecule has 0 spiro atoms. The Hall–Kier alpha value is -1.65. The SMILES string of the molecule is C=CCCCC(=O)c1cc(C(F)(F)F)ccc1F. The zero-order valence-electron chi connectivity index (χ0n) is 9.56. The van der Waals surface area contributed by atoms with E-state index in [0.29, 0.717) is 31.0 Å². The van der Waals surface area contributed by atoms with E-state index in [9.17, 15) is 22.4 Å². The van der Waals surface area contributed by atoms with E-state index >= 15 is 0 Å². The molecule has 1 nitrogen and oxygen atoms in total. The van der Waals surface area contributed by atoms with E-state index in [1.54, 1.807) is 6.08 Å². The smallest absolute Gasteiger partial charge is 0.294 e. The Morgan fingerprint density at radius 1 is 1.33 bits per heavy atom. The molecule has 0 heterocycles. The highest BCUT2D eigenvalue weighted by atomic mass is 19.4. The third-order valence-corrected chi connectivity index (χ3v) is 2.41. The van der Waals surface area contributed by atoms with Crippen LogP contribution in [0.25, 0.3) is 0 Å². The van der Waals surface area contributed by atoms with Gasteiger partial charge in [-0.3, -0.25) is 4.79 Å². The number of hydrogen-bond acceptors (Lipinski definition) is 1. The van der Waals surface area contributed by atoms with Gasteiger partial charge in [-0.1, -0.05) is 6.08 Å². The maximum Gasteiger partial charge on any atom is 0.416 e. The molecule has 0 atom stereocenters. The van der Waals surface area contributed by atoms with Gasteiger partial charge in [-0.2, -0.15) is 13.2 Å². The average molecular weight is 260 g/mol. The number of allylic oxidation sites excluding steroid dienone is 1. The molecular formula is C13H12F4O. The number of ketones is 1. The predicted octanol–water partition coefficient (Wildman–Crippen LogP) is 4.38. The second-order valence-electron chi connectivity index (χ2n) is 3.80. The van der Waals surface area contributed by atoms with Crippen LogP contribution in [0.5, 0.6) is 0 Å². The van der Waals surface area contributed by atoms with Gasteiger partial charge in [0.1, 0.15) is 5.82 Å². The summed E-state index contributed by atoms with van der Waals surface area (Å²) in [7, 11) is 0. The highest BCUT2D eigenvalue weighted by Crippen LogP contribution is 2.30. The van der Waals surface area contributed by atoms with Gasteiger partial charge in [0.05, 0.1) is 11.1 Å². The minimum atomic E-state index is -4.58. The molecule has 5 heteroatoms. The van der Waals surface area contributed by atoms with Crippen molar-refractivity contribution >= 4 is 5.78 Å². The quantitative estimate of drug-likeness (QED) is 0.332. The zero-order chi connectivity index (χ0) is 13.8. The Morgan fingerprint density at radius 2 is 2.00 bits per heavy atom. The van der Waals surface area contributed by atoms with Gasteiger partial charge in [0, 0.05) is 6.42 Å². The van der Waals surface area contributed by atoms with Crippen LogP contribution in [0.2, 0.25) is 0 Å². The van der Waals surface area contributed by atoms with Crippen molar-refractivity contribution in [2.24, 2.45) is 0 Å². The summed E-state index contributed by atoms with van der Waals surface area (Å²) in [6, 6.07) is 1.85. The number of Topliss-reactive ketones (excluding diaryl/α,β-unsaturated/α-hetero) is 1. The van der Waals surface area contributed by atoms with Gasteiger partial charge >= 0.3 is 6.18 Å². The Kier molecular flexibility index (Phi) is 4.64. The van der Waals surface area contributed by atoms with E-state index in [1.807, 2.05) is 0 Å². The average Bonchev–Trinajstić information content (AvgIpc) is 2.28. The van der Waals surface area contributed by atoms with Crippen molar-refractivity contribution in [3.05, 3.63) is 47.8 Å². The summed E-state index contributed by atoms with van der Waals surface area (Å²) in [5.74, 6) is -1.55. The van der Waals surface area contributed by atoms with Gasteiger partial charge in [-0.15, -0.1) is 6.58 Å².